The second kappa shape index (κ2) is 10.5. The molecule has 0 aromatic rings. The van der Waals surface area contributed by atoms with Gasteiger partial charge in [0.15, 0.2) is 14.6 Å². The summed E-state index contributed by atoms with van der Waals surface area (Å²) in [5.74, 6) is 0. The normalized spacial score (nSPS) is 13.9. The lowest BCUT2D eigenvalue weighted by Gasteiger charge is -2.32. The van der Waals surface area contributed by atoms with Crippen molar-refractivity contribution in [3.05, 3.63) is 0 Å². The summed E-state index contributed by atoms with van der Waals surface area (Å²) in [7, 11) is -1.59. The van der Waals surface area contributed by atoms with Crippen LogP contribution in [0.2, 0.25) is 18.1 Å². The first kappa shape index (κ1) is 17.6. The number of hydrogen-bond donors (Lipinski definition) is 0. The molecule has 5 heteroatoms. The van der Waals surface area contributed by atoms with Gasteiger partial charge < -0.3 is 13.9 Å². The Morgan fingerprint density at radius 1 is 1.06 bits per heavy atom. The summed E-state index contributed by atoms with van der Waals surface area (Å²) >= 11 is 3.34. The van der Waals surface area contributed by atoms with Crippen LogP contribution in [0.3, 0.4) is 0 Å². The summed E-state index contributed by atoms with van der Waals surface area (Å²) < 4.78 is 17.4. The average molecular weight is 327 g/mol. The van der Waals surface area contributed by atoms with Crippen LogP contribution in [0.25, 0.3) is 0 Å². The van der Waals surface area contributed by atoms with Crippen molar-refractivity contribution in [1.82, 2.24) is 0 Å². The fourth-order valence-corrected chi connectivity index (χ4v) is 4.74. The van der Waals surface area contributed by atoms with Crippen LogP contribution in [0.1, 0.15) is 27.7 Å². The zero-order valence-corrected chi connectivity index (χ0v) is 14.2. The molecule has 104 valence electrons. The predicted octanol–water partition coefficient (Wildman–Crippen LogP) is 3.78. The smallest absolute Gasteiger partial charge is 0.195 e. The topological polar surface area (TPSA) is 27.7 Å². The maximum absolute atomic E-state index is 6.25. The molecule has 17 heavy (non-hydrogen) atoms. The second-order valence-electron chi connectivity index (χ2n) is 4.01. The van der Waals surface area contributed by atoms with Gasteiger partial charge in [0.2, 0.25) is 0 Å². The van der Waals surface area contributed by atoms with Gasteiger partial charge in [0.25, 0.3) is 0 Å². The summed E-state index contributed by atoms with van der Waals surface area (Å²) in [5, 5.41) is 0.851. The van der Waals surface area contributed by atoms with Gasteiger partial charge in [-0.15, -0.1) is 0 Å². The minimum atomic E-state index is -1.59. The van der Waals surface area contributed by atoms with E-state index in [2.05, 4.69) is 36.7 Å². The summed E-state index contributed by atoms with van der Waals surface area (Å²) in [4.78, 5) is 0. The van der Waals surface area contributed by atoms with E-state index in [-0.39, 0.29) is 6.29 Å². The second-order valence-corrected chi connectivity index (χ2v) is 9.53. The Labute approximate surface area is 115 Å². The molecular formula is C12H27BrO3Si. The molecule has 0 aliphatic carbocycles. The molecule has 0 amide bonds. The Kier molecular flexibility index (Phi) is 10.9. The lowest BCUT2D eigenvalue weighted by Crippen LogP contribution is -2.42. The summed E-state index contributed by atoms with van der Waals surface area (Å²) in [6.07, 6.45) is -0.189. The van der Waals surface area contributed by atoms with E-state index in [9.17, 15) is 0 Å². The van der Waals surface area contributed by atoms with Crippen molar-refractivity contribution < 1.29 is 13.9 Å². The fraction of sp³-hybridized carbons (Fsp3) is 1.00. The average Bonchev–Trinajstić information content (AvgIpc) is 2.36. The van der Waals surface area contributed by atoms with Gasteiger partial charge in [-0.2, -0.15) is 0 Å². The van der Waals surface area contributed by atoms with E-state index in [1.807, 2.05) is 6.92 Å². The number of ether oxygens (including phenoxy) is 2. The van der Waals surface area contributed by atoms with E-state index in [1.54, 1.807) is 0 Å². The minimum Gasteiger partial charge on any atom is -0.391 e. The first-order valence-electron chi connectivity index (χ1n) is 6.61. The van der Waals surface area contributed by atoms with Gasteiger partial charge in [-0.25, -0.2) is 0 Å². The van der Waals surface area contributed by atoms with Crippen LogP contribution in [-0.2, 0) is 13.9 Å². The third-order valence-electron chi connectivity index (χ3n) is 3.14. The van der Waals surface area contributed by atoms with Crippen molar-refractivity contribution in [3.63, 3.8) is 0 Å². The maximum Gasteiger partial charge on any atom is 0.195 e. The monoisotopic (exact) mass is 326 g/mol. The van der Waals surface area contributed by atoms with Gasteiger partial charge in [0.1, 0.15) is 0 Å². The maximum atomic E-state index is 6.25. The Morgan fingerprint density at radius 3 is 2.06 bits per heavy atom. The zero-order valence-electron chi connectivity index (χ0n) is 11.6. The van der Waals surface area contributed by atoms with E-state index in [0.29, 0.717) is 19.8 Å². The van der Waals surface area contributed by atoms with Crippen LogP contribution in [0.4, 0.5) is 0 Å². The van der Waals surface area contributed by atoms with Crippen molar-refractivity contribution >= 4 is 24.2 Å². The number of rotatable bonds is 11. The van der Waals surface area contributed by atoms with Crippen LogP contribution in [0.5, 0.6) is 0 Å². The zero-order chi connectivity index (χ0) is 13.1. The largest absolute Gasteiger partial charge is 0.391 e. The van der Waals surface area contributed by atoms with E-state index in [1.165, 1.54) is 0 Å². The van der Waals surface area contributed by atoms with E-state index in [0.717, 1.165) is 23.5 Å². The van der Waals surface area contributed by atoms with Crippen molar-refractivity contribution in [2.24, 2.45) is 0 Å². The van der Waals surface area contributed by atoms with Gasteiger partial charge in [0.05, 0.1) is 13.2 Å². The first-order valence-corrected chi connectivity index (χ1v) is 10.3. The molecule has 0 rings (SSSR count). The lowest BCUT2D eigenvalue weighted by molar-refractivity contribution is -0.122. The molecule has 0 fully saturated rings. The highest BCUT2D eigenvalue weighted by Gasteiger charge is 2.32. The molecule has 0 aliphatic heterocycles. The van der Waals surface area contributed by atoms with Crippen LogP contribution < -0.4 is 0 Å². The van der Waals surface area contributed by atoms with Gasteiger partial charge in [-0.05, 0) is 25.1 Å². The summed E-state index contributed by atoms with van der Waals surface area (Å²) in [6.45, 7) is 10.6. The van der Waals surface area contributed by atoms with E-state index >= 15 is 0 Å². The molecule has 3 nitrogen and oxygen atoms in total. The highest BCUT2D eigenvalue weighted by atomic mass is 79.9. The van der Waals surface area contributed by atoms with Gasteiger partial charge >= 0.3 is 0 Å². The Morgan fingerprint density at radius 2 is 1.65 bits per heavy atom. The Balaban J connectivity index is 4.27. The molecule has 1 atom stereocenters. The van der Waals surface area contributed by atoms with Crippen LogP contribution in [0, 0.1) is 0 Å². The van der Waals surface area contributed by atoms with Gasteiger partial charge in [-0.3, -0.25) is 0 Å². The highest BCUT2D eigenvalue weighted by Crippen LogP contribution is 2.23. The van der Waals surface area contributed by atoms with Crippen molar-refractivity contribution in [1.29, 1.82) is 0 Å². The molecule has 0 saturated heterocycles. The number of hydrogen-bond acceptors (Lipinski definition) is 3. The standard InChI is InChI=1S/C12H27BrO3Si/c1-5-15-12(11-14-10-9-13)16-17(6-2,7-3)8-4/h12H,5-11H2,1-4H3. The van der Waals surface area contributed by atoms with Crippen molar-refractivity contribution in [2.45, 2.75) is 52.1 Å². The minimum absolute atomic E-state index is 0.189. The van der Waals surface area contributed by atoms with Gasteiger partial charge in [-0.1, -0.05) is 36.7 Å². The van der Waals surface area contributed by atoms with Crippen molar-refractivity contribution in [2.75, 3.05) is 25.2 Å². The van der Waals surface area contributed by atoms with Gasteiger partial charge in [0, 0.05) is 11.9 Å². The van der Waals surface area contributed by atoms with E-state index < -0.39 is 8.32 Å². The van der Waals surface area contributed by atoms with Crippen LogP contribution in [0.15, 0.2) is 0 Å². The Bertz CT molecular complexity index is 169. The molecule has 0 aromatic heterocycles. The SMILES string of the molecule is CCOC(COCCBr)O[Si](CC)(CC)CC. The van der Waals surface area contributed by atoms with E-state index in [4.69, 9.17) is 13.9 Å². The highest BCUT2D eigenvalue weighted by molar-refractivity contribution is 9.09. The molecular weight excluding hydrogens is 300 g/mol. The van der Waals surface area contributed by atoms with Crippen LogP contribution in [-0.4, -0.2) is 39.8 Å². The summed E-state index contributed by atoms with van der Waals surface area (Å²) in [5.41, 5.74) is 0. The van der Waals surface area contributed by atoms with Crippen molar-refractivity contribution in [3.8, 4) is 0 Å². The predicted molar refractivity (Wildman–Crippen MR) is 78.3 cm³/mol. The molecule has 0 N–H and O–H groups in total. The molecule has 0 spiro atoms. The lowest BCUT2D eigenvalue weighted by atomic mass is 10.6. The molecule has 0 heterocycles. The first-order chi connectivity index (χ1) is 8.17. The number of alkyl halides is 1. The molecule has 0 saturated carbocycles. The third kappa shape index (κ3) is 6.91. The van der Waals surface area contributed by atoms with Crippen LogP contribution >= 0.6 is 15.9 Å². The number of halogens is 1. The summed E-state index contributed by atoms with van der Waals surface area (Å²) in [6, 6.07) is 3.42. The molecule has 0 radical (unpaired) electrons. The quantitative estimate of drug-likeness (QED) is 0.250. The third-order valence-corrected chi connectivity index (χ3v) is 8.10. The Hall–Kier alpha value is 0.577. The molecule has 0 bridgehead atoms. The fourth-order valence-electron chi connectivity index (χ4n) is 1.81. The molecule has 1 unspecified atom stereocenters. The molecule has 0 aromatic carbocycles. The molecule has 0 aliphatic rings.